The van der Waals surface area contributed by atoms with E-state index < -0.39 is 0 Å². The maximum absolute atomic E-state index is 12.6. The first-order valence-electron chi connectivity index (χ1n) is 8.62. The Labute approximate surface area is 150 Å². The largest absolute Gasteiger partial charge is 0.345 e. The van der Waals surface area contributed by atoms with E-state index in [4.69, 9.17) is 11.6 Å². The summed E-state index contributed by atoms with van der Waals surface area (Å²) in [5, 5.41) is 0.772. The van der Waals surface area contributed by atoms with E-state index in [2.05, 4.69) is 24.5 Å². The van der Waals surface area contributed by atoms with E-state index >= 15 is 0 Å². The fourth-order valence-electron chi connectivity index (χ4n) is 2.73. The number of hydrogen-bond acceptors (Lipinski definition) is 1. The minimum Gasteiger partial charge on any atom is -0.345 e. The van der Waals surface area contributed by atoms with Crippen LogP contribution in [-0.4, -0.2) is 21.4 Å². The zero-order valence-corrected chi connectivity index (χ0v) is 15.8. The Balaban J connectivity index is 2.22. The van der Waals surface area contributed by atoms with Gasteiger partial charge >= 0.3 is 0 Å². The zero-order valence-electron chi connectivity index (χ0n) is 15.0. The van der Waals surface area contributed by atoms with Crippen molar-refractivity contribution in [3.63, 3.8) is 0 Å². The normalized spacial score (nSPS) is 12.4. The van der Waals surface area contributed by atoms with Gasteiger partial charge in [-0.25, -0.2) is 0 Å². The Hall–Kier alpha value is -1.74. The molecule has 1 heterocycles. The van der Waals surface area contributed by atoms with Crippen molar-refractivity contribution >= 4 is 17.5 Å². The second-order valence-corrected chi connectivity index (χ2v) is 7.00. The van der Waals surface area contributed by atoms with Gasteiger partial charge in [-0.05, 0) is 37.1 Å². The Morgan fingerprint density at radius 3 is 2.50 bits per heavy atom. The van der Waals surface area contributed by atoms with Crippen LogP contribution in [0, 0.1) is 5.92 Å². The summed E-state index contributed by atoms with van der Waals surface area (Å²) in [7, 11) is 0. The highest BCUT2D eigenvalue weighted by atomic mass is 35.5. The van der Waals surface area contributed by atoms with Crippen LogP contribution < -0.4 is 0 Å². The van der Waals surface area contributed by atoms with Gasteiger partial charge in [-0.15, -0.1) is 0 Å². The molecule has 2 rings (SSSR count). The average molecular weight is 347 g/mol. The van der Waals surface area contributed by atoms with Gasteiger partial charge in [-0.1, -0.05) is 50.6 Å². The molecular formula is C20H27ClN2O. The fraction of sp³-hybridized carbons (Fsp3) is 0.450. The average Bonchev–Trinajstić information content (AvgIpc) is 3.00. The van der Waals surface area contributed by atoms with E-state index in [9.17, 15) is 4.79 Å². The molecule has 130 valence electrons. The SMILES string of the molecule is CC[C@H](C)N(Cc1cccn1Cc1ccccc1Cl)C(=O)C(C)C. The lowest BCUT2D eigenvalue weighted by atomic mass is 10.1. The summed E-state index contributed by atoms with van der Waals surface area (Å²) >= 11 is 6.29. The molecule has 0 aliphatic rings. The van der Waals surface area contributed by atoms with E-state index in [1.165, 1.54) is 0 Å². The van der Waals surface area contributed by atoms with Crippen molar-refractivity contribution in [3.05, 3.63) is 58.9 Å². The van der Waals surface area contributed by atoms with Gasteiger partial charge < -0.3 is 9.47 Å². The van der Waals surface area contributed by atoms with Crippen molar-refractivity contribution in [2.24, 2.45) is 5.92 Å². The molecule has 0 unspecified atom stereocenters. The summed E-state index contributed by atoms with van der Waals surface area (Å²) in [5.41, 5.74) is 2.21. The van der Waals surface area contributed by atoms with E-state index in [1.807, 2.05) is 55.3 Å². The monoisotopic (exact) mass is 346 g/mol. The second kappa shape index (κ2) is 8.39. The number of carbonyl (C=O) groups is 1. The Morgan fingerprint density at radius 1 is 1.17 bits per heavy atom. The van der Waals surface area contributed by atoms with Gasteiger partial charge in [-0.3, -0.25) is 4.79 Å². The van der Waals surface area contributed by atoms with Crippen LogP contribution in [0.2, 0.25) is 5.02 Å². The third kappa shape index (κ3) is 4.41. The standard InChI is InChI=1S/C20H27ClN2O/c1-5-16(4)23(20(24)15(2)3)14-18-10-8-12-22(18)13-17-9-6-7-11-19(17)21/h6-12,15-16H,5,13-14H2,1-4H3/t16-/m0/s1. The molecule has 4 heteroatoms. The lowest BCUT2D eigenvalue weighted by molar-refractivity contribution is -0.137. The number of carbonyl (C=O) groups excluding carboxylic acids is 1. The molecule has 1 amide bonds. The van der Waals surface area contributed by atoms with Gasteiger partial charge in [-0.2, -0.15) is 0 Å². The molecule has 1 aromatic heterocycles. The molecule has 0 spiro atoms. The Morgan fingerprint density at radius 2 is 1.88 bits per heavy atom. The predicted molar refractivity (Wildman–Crippen MR) is 100 cm³/mol. The van der Waals surface area contributed by atoms with Crippen LogP contribution in [0.1, 0.15) is 45.4 Å². The van der Waals surface area contributed by atoms with Gasteiger partial charge in [0, 0.05) is 35.4 Å². The second-order valence-electron chi connectivity index (χ2n) is 6.60. The quantitative estimate of drug-likeness (QED) is 0.694. The van der Waals surface area contributed by atoms with Crippen LogP contribution in [-0.2, 0) is 17.9 Å². The summed E-state index contributed by atoms with van der Waals surface area (Å²) in [5.74, 6) is 0.209. The highest BCUT2D eigenvalue weighted by Gasteiger charge is 2.22. The molecule has 0 N–H and O–H groups in total. The lowest BCUT2D eigenvalue weighted by Gasteiger charge is -2.30. The molecule has 0 saturated heterocycles. The van der Waals surface area contributed by atoms with Crippen molar-refractivity contribution in [1.82, 2.24) is 9.47 Å². The fourth-order valence-corrected chi connectivity index (χ4v) is 2.93. The minimum atomic E-state index is 0.00554. The summed E-state index contributed by atoms with van der Waals surface area (Å²) < 4.78 is 2.17. The molecule has 2 aromatic rings. The maximum Gasteiger partial charge on any atom is 0.225 e. The number of nitrogens with zero attached hydrogens (tertiary/aromatic N) is 2. The van der Waals surface area contributed by atoms with Crippen molar-refractivity contribution in [2.75, 3.05) is 0 Å². The molecule has 0 saturated carbocycles. The predicted octanol–water partition coefficient (Wildman–Crippen LogP) is 4.97. The van der Waals surface area contributed by atoms with Gasteiger partial charge in [0.25, 0.3) is 0 Å². The molecule has 3 nitrogen and oxygen atoms in total. The van der Waals surface area contributed by atoms with E-state index in [0.717, 1.165) is 22.7 Å². The van der Waals surface area contributed by atoms with Crippen LogP contribution in [0.3, 0.4) is 0 Å². The van der Waals surface area contributed by atoms with Gasteiger partial charge in [0.15, 0.2) is 0 Å². The first-order chi connectivity index (χ1) is 11.4. The maximum atomic E-state index is 12.6. The zero-order chi connectivity index (χ0) is 17.7. The highest BCUT2D eigenvalue weighted by molar-refractivity contribution is 6.31. The molecule has 1 atom stereocenters. The first-order valence-corrected chi connectivity index (χ1v) is 8.99. The molecule has 0 radical (unpaired) electrons. The molecule has 0 aliphatic heterocycles. The van der Waals surface area contributed by atoms with Crippen LogP contribution in [0.5, 0.6) is 0 Å². The lowest BCUT2D eigenvalue weighted by Crippen LogP contribution is -2.40. The summed E-state index contributed by atoms with van der Waals surface area (Å²) in [6.07, 6.45) is 3.00. The smallest absolute Gasteiger partial charge is 0.225 e. The van der Waals surface area contributed by atoms with Gasteiger partial charge in [0.2, 0.25) is 5.91 Å². The third-order valence-corrected chi connectivity index (χ3v) is 4.82. The van der Waals surface area contributed by atoms with Crippen LogP contribution in [0.25, 0.3) is 0 Å². The molecule has 0 bridgehead atoms. The summed E-state index contributed by atoms with van der Waals surface area (Å²) in [6.45, 7) is 9.49. The van der Waals surface area contributed by atoms with Gasteiger partial charge in [0.05, 0.1) is 6.54 Å². The van der Waals surface area contributed by atoms with Crippen LogP contribution >= 0.6 is 11.6 Å². The van der Waals surface area contributed by atoms with Crippen molar-refractivity contribution in [3.8, 4) is 0 Å². The Bertz CT molecular complexity index is 678. The van der Waals surface area contributed by atoms with Crippen LogP contribution in [0.4, 0.5) is 0 Å². The van der Waals surface area contributed by atoms with E-state index in [-0.39, 0.29) is 17.9 Å². The van der Waals surface area contributed by atoms with Crippen molar-refractivity contribution < 1.29 is 4.79 Å². The number of amides is 1. The highest BCUT2D eigenvalue weighted by Crippen LogP contribution is 2.19. The van der Waals surface area contributed by atoms with Crippen molar-refractivity contribution in [2.45, 2.75) is 53.2 Å². The minimum absolute atomic E-state index is 0.00554. The van der Waals surface area contributed by atoms with Crippen LogP contribution in [0.15, 0.2) is 42.6 Å². The Kier molecular flexibility index (Phi) is 6.50. The number of aromatic nitrogens is 1. The molecule has 0 fully saturated rings. The molecular weight excluding hydrogens is 320 g/mol. The number of rotatable bonds is 7. The van der Waals surface area contributed by atoms with E-state index in [1.54, 1.807) is 0 Å². The van der Waals surface area contributed by atoms with Gasteiger partial charge in [0.1, 0.15) is 0 Å². The molecule has 1 aromatic carbocycles. The molecule has 0 aliphatic carbocycles. The first kappa shape index (κ1) is 18.6. The summed E-state index contributed by atoms with van der Waals surface area (Å²) in [4.78, 5) is 14.6. The summed E-state index contributed by atoms with van der Waals surface area (Å²) in [6, 6.07) is 12.2. The van der Waals surface area contributed by atoms with Crippen molar-refractivity contribution in [1.29, 1.82) is 0 Å². The molecule has 24 heavy (non-hydrogen) atoms. The topological polar surface area (TPSA) is 25.2 Å². The number of hydrogen-bond donors (Lipinski definition) is 0. The van der Waals surface area contributed by atoms with E-state index in [0.29, 0.717) is 13.1 Å². The number of benzene rings is 1. The third-order valence-electron chi connectivity index (χ3n) is 4.45. The number of halogens is 1.